The minimum absolute atomic E-state index is 0.0799. The van der Waals surface area contributed by atoms with Crippen molar-refractivity contribution in [3.05, 3.63) is 89.1 Å². The molecule has 2 aromatic heterocycles. The van der Waals surface area contributed by atoms with Crippen molar-refractivity contribution in [1.29, 1.82) is 0 Å². The lowest BCUT2D eigenvalue weighted by molar-refractivity contribution is -0.140. The Morgan fingerprint density at radius 3 is 2.49 bits per heavy atom. The molecule has 5 nitrogen and oxygen atoms in total. The largest absolute Gasteiger partial charge is 0.419 e. The summed E-state index contributed by atoms with van der Waals surface area (Å²) in [6.45, 7) is 4.51. The van der Waals surface area contributed by atoms with E-state index >= 15 is 0 Å². The van der Waals surface area contributed by atoms with Gasteiger partial charge in [0.15, 0.2) is 0 Å². The fraction of sp³-hybridized carbons (Fsp3) is 0.296. The number of halogens is 4. The zero-order valence-corrected chi connectivity index (χ0v) is 21.2. The van der Waals surface area contributed by atoms with Crippen molar-refractivity contribution in [1.82, 2.24) is 19.9 Å². The highest BCUT2D eigenvalue weighted by atomic mass is 31.1. The van der Waals surface area contributed by atoms with Crippen molar-refractivity contribution in [3.8, 4) is 0 Å². The number of hydrogen-bond donors (Lipinski definition) is 1. The highest BCUT2D eigenvalue weighted by Crippen LogP contribution is 2.38. The molecule has 10 heteroatoms. The Kier molecular flexibility index (Phi) is 7.36. The van der Waals surface area contributed by atoms with Crippen LogP contribution in [-0.4, -0.2) is 45.3 Å². The van der Waals surface area contributed by atoms with Crippen LogP contribution in [0.25, 0.3) is 10.9 Å². The van der Waals surface area contributed by atoms with Gasteiger partial charge in [-0.2, -0.15) is 13.2 Å². The molecule has 1 aliphatic heterocycles. The molecule has 0 atom stereocenters. The first kappa shape index (κ1) is 25.5. The van der Waals surface area contributed by atoms with Crippen LogP contribution < -0.4 is 10.8 Å². The van der Waals surface area contributed by atoms with Crippen molar-refractivity contribution < 1.29 is 17.6 Å². The molecule has 1 N–H and O–H groups in total. The third kappa shape index (κ3) is 5.89. The molecule has 0 radical (unpaired) electrons. The van der Waals surface area contributed by atoms with Crippen LogP contribution in [-0.2, 0) is 19.3 Å². The molecule has 0 amide bonds. The summed E-state index contributed by atoms with van der Waals surface area (Å²) in [4.78, 5) is 16.1. The number of hydrogen-bond acceptors (Lipinski definition) is 5. The minimum atomic E-state index is -4.75. The Balaban J connectivity index is 1.33. The molecule has 5 rings (SSSR count). The molecule has 0 unspecified atom stereocenters. The normalized spacial score (nSPS) is 15.3. The first-order valence-electron chi connectivity index (χ1n) is 12.0. The van der Waals surface area contributed by atoms with Crippen molar-refractivity contribution in [2.45, 2.75) is 26.2 Å². The molecular formula is C27H26F4N5P. The van der Waals surface area contributed by atoms with Gasteiger partial charge in [-0.1, -0.05) is 50.4 Å². The van der Waals surface area contributed by atoms with E-state index in [1.54, 1.807) is 13.1 Å². The number of pyridine rings is 1. The number of aryl methyl sites for hydroxylation is 1. The highest BCUT2D eigenvalue weighted by molar-refractivity contribution is 7.65. The lowest BCUT2D eigenvalue weighted by atomic mass is 10.1. The average Bonchev–Trinajstić information content (AvgIpc) is 2.88. The van der Waals surface area contributed by atoms with Crippen LogP contribution in [0, 0.1) is 12.7 Å². The first-order valence-corrected chi connectivity index (χ1v) is 13.7. The van der Waals surface area contributed by atoms with Gasteiger partial charge in [0.25, 0.3) is 0 Å². The number of benzene rings is 2. The fourth-order valence-corrected chi connectivity index (χ4v) is 6.80. The molecule has 1 fully saturated rings. The summed E-state index contributed by atoms with van der Waals surface area (Å²) in [7, 11) is -0.458. The molecular weight excluding hydrogens is 501 g/mol. The van der Waals surface area contributed by atoms with E-state index in [4.69, 9.17) is 4.98 Å². The Hall–Kier alpha value is -3.16. The van der Waals surface area contributed by atoms with E-state index in [0.717, 1.165) is 48.8 Å². The molecule has 1 saturated heterocycles. The zero-order valence-electron chi connectivity index (χ0n) is 20.3. The molecule has 1 aliphatic rings. The minimum Gasteiger partial charge on any atom is -0.365 e. The van der Waals surface area contributed by atoms with Crippen LogP contribution in [0.5, 0.6) is 0 Å². The van der Waals surface area contributed by atoms with E-state index < -0.39 is 25.5 Å². The molecule has 0 spiro atoms. The van der Waals surface area contributed by atoms with Gasteiger partial charge in [0, 0.05) is 37.1 Å². The summed E-state index contributed by atoms with van der Waals surface area (Å²) in [6.07, 6.45) is -0.955. The van der Waals surface area contributed by atoms with Gasteiger partial charge >= 0.3 is 6.18 Å². The molecule has 4 aromatic rings. The van der Waals surface area contributed by atoms with Crippen LogP contribution in [0.4, 0.5) is 23.4 Å². The molecule has 0 aliphatic carbocycles. The summed E-state index contributed by atoms with van der Waals surface area (Å²) in [5.74, 6) is -0.319. The topological polar surface area (TPSA) is 53.9 Å². The van der Waals surface area contributed by atoms with E-state index in [-0.39, 0.29) is 12.1 Å². The van der Waals surface area contributed by atoms with Crippen molar-refractivity contribution in [2.75, 3.05) is 30.7 Å². The number of fused-ring (bicyclic) bond motifs is 1. The van der Waals surface area contributed by atoms with Gasteiger partial charge in [0.05, 0.1) is 22.7 Å². The van der Waals surface area contributed by atoms with Gasteiger partial charge in [-0.05, 0) is 36.9 Å². The van der Waals surface area contributed by atoms with Crippen LogP contribution in [0.1, 0.15) is 22.5 Å². The maximum atomic E-state index is 14.5. The zero-order chi connectivity index (χ0) is 26.0. The maximum absolute atomic E-state index is 14.5. The molecule has 37 heavy (non-hydrogen) atoms. The van der Waals surface area contributed by atoms with Gasteiger partial charge in [-0.25, -0.2) is 14.4 Å². The lowest BCUT2D eigenvalue weighted by Gasteiger charge is -2.32. The number of alkyl halides is 3. The van der Waals surface area contributed by atoms with E-state index in [2.05, 4.69) is 44.5 Å². The Morgan fingerprint density at radius 2 is 1.76 bits per heavy atom. The molecule has 2 aromatic carbocycles. The number of nitrogens with one attached hydrogen (secondary N) is 1. The highest BCUT2D eigenvalue weighted by Gasteiger charge is 2.34. The van der Waals surface area contributed by atoms with Crippen LogP contribution in [0.3, 0.4) is 0 Å². The van der Waals surface area contributed by atoms with Crippen molar-refractivity contribution in [2.24, 2.45) is 0 Å². The fourth-order valence-electron chi connectivity index (χ4n) is 4.54. The van der Waals surface area contributed by atoms with Crippen LogP contribution in [0.2, 0.25) is 0 Å². The van der Waals surface area contributed by atoms with Gasteiger partial charge < -0.3 is 5.32 Å². The standard InChI is InChI=1S/C27H26F4N5P/c1-18-34-23-16-32-24(37-12-10-36(11-13-37)17-19-6-3-2-4-7-19)14-21(23)26(35-18)33-15-20-8-5-9-22(25(20)28)27(29,30)31/h2-9,14,16H,10-13,15,17H2,1H3,(H,33,34,35). The monoisotopic (exact) mass is 527 g/mol. The van der Waals surface area contributed by atoms with Crippen molar-refractivity contribution >= 4 is 30.1 Å². The maximum Gasteiger partial charge on any atom is 0.419 e. The summed E-state index contributed by atoms with van der Waals surface area (Å²) in [5.41, 5.74) is 1.59. The molecule has 3 heterocycles. The van der Waals surface area contributed by atoms with E-state index in [1.807, 2.05) is 12.1 Å². The summed E-state index contributed by atoms with van der Waals surface area (Å²) < 4.78 is 53.9. The van der Waals surface area contributed by atoms with Gasteiger partial charge in [0.1, 0.15) is 17.5 Å². The Morgan fingerprint density at radius 1 is 1.00 bits per heavy atom. The second-order valence-electron chi connectivity index (χ2n) is 9.06. The van der Waals surface area contributed by atoms with E-state index in [0.29, 0.717) is 17.2 Å². The number of anilines is 1. The predicted octanol–water partition coefficient (Wildman–Crippen LogP) is 5.73. The number of aromatic nitrogens is 3. The first-order chi connectivity index (χ1) is 17.8. The summed E-state index contributed by atoms with van der Waals surface area (Å²) in [5, 5.41) is 3.78. The Labute approximate surface area is 213 Å². The van der Waals surface area contributed by atoms with Crippen molar-refractivity contribution in [3.63, 3.8) is 0 Å². The third-order valence-electron chi connectivity index (χ3n) is 6.46. The average molecular weight is 528 g/mol. The smallest absolute Gasteiger partial charge is 0.365 e. The predicted molar refractivity (Wildman–Crippen MR) is 139 cm³/mol. The van der Waals surface area contributed by atoms with Crippen LogP contribution >= 0.6 is 7.92 Å². The second kappa shape index (κ2) is 10.7. The number of nitrogens with zero attached hydrogens (tertiary/aromatic N) is 4. The second-order valence-corrected chi connectivity index (χ2v) is 11.5. The summed E-state index contributed by atoms with van der Waals surface area (Å²) >= 11 is 0. The number of rotatable bonds is 6. The van der Waals surface area contributed by atoms with E-state index in [1.165, 1.54) is 17.7 Å². The third-order valence-corrected chi connectivity index (χ3v) is 8.83. The van der Waals surface area contributed by atoms with Gasteiger partial charge in [-0.3, -0.25) is 9.88 Å². The quantitative estimate of drug-likeness (QED) is 0.257. The molecule has 0 saturated carbocycles. The van der Waals surface area contributed by atoms with Crippen LogP contribution in [0.15, 0.2) is 60.8 Å². The molecule has 0 bridgehead atoms. The Bertz CT molecular complexity index is 1390. The molecule has 192 valence electrons. The van der Waals surface area contributed by atoms with Gasteiger partial charge in [-0.15, -0.1) is 0 Å². The summed E-state index contributed by atoms with van der Waals surface area (Å²) in [6, 6.07) is 15.7. The lowest BCUT2D eigenvalue weighted by Crippen LogP contribution is -2.35. The SMILES string of the molecule is Cc1nc(NCc2cccc(C(F)(F)F)c2F)c2cc(P3CCN(Cc4ccccc4)CC3)ncc2n1. The van der Waals surface area contributed by atoms with Gasteiger partial charge in [0.2, 0.25) is 0 Å². The van der Waals surface area contributed by atoms with E-state index in [9.17, 15) is 17.6 Å².